The van der Waals surface area contributed by atoms with Gasteiger partial charge >= 0.3 is 11.9 Å². The van der Waals surface area contributed by atoms with Crippen molar-refractivity contribution in [2.24, 2.45) is 0 Å². The van der Waals surface area contributed by atoms with Crippen LogP contribution in [0.4, 0.5) is 0 Å². The fourth-order valence-corrected chi connectivity index (χ4v) is 4.58. The quantitative estimate of drug-likeness (QED) is 0.405. The van der Waals surface area contributed by atoms with Crippen LogP contribution in [0, 0.1) is 0 Å². The molecular weight excluding hydrogens is 524 g/mol. The van der Waals surface area contributed by atoms with Crippen molar-refractivity contribution in [2.45, 2.75) is 58.7 Å². The first-order chi connectivity index (χ1) is 18.6. The van der Waals surface area contributed by atoms with E-state index in [-0.39, 0.29) is 13.1 Å². The Bertz CT molecular complexity index is 1360. The predicted molar refractivity (Wildman–Crippen MR) is 141 cm³/mol. The molecule has 1 aliphatic heterocycles. The Labute approximate surface area is 230 Å². The molecule has 0 spiro atoms. The maximum absolute atomic E-state index is 13.5. The molecule has 10 nitrogen and oxygen atoms in total. The van der Waals surface area contributed by atoms with Crippen LogP contribution in [0.15, 0.2) is 60.8 Å². The zero-order chi connectivity index (χ0) is 28.1. The molecule has 2 amide bonds. The van der Waals surface area contributed by atoms with Crippen molar-refractivity contribution >= 4 is 35.4 Å². The van der Waals surface area contributed by atoms with Gasteiger partial charge in [-0.25, -0.2) is 0 Å². The highest BCUT2D eigenvalue weighted by Gasteiger charge is 2.43. The molecule has 0 saturated carbocycles. The van der Waals surface area contributed by atoms with Crippen molar-refractivity contribution in [3.63, 3.8) is 0 Å². The number of esters is 2. The van der Waals surface area contributed by atoms with Crippen molar-refractivity contribution in [1.29, 1.82) is 0 Å². The first kappa shape index (κ1) is 27.8. The first-order valence-corrected chi connectivity index (χ1v) is 12.8. The lowest BCUT2D eigenvalue weighted by Gasteiger charge is -2.28. The van der Waals surface area contributed by atoms with Crippen LogP contribution in [0.25, 0.3) is 0 Å². The molecule has 0 aliphatic carbocycles. The SMILES string of the molecule is CC(=O)O[C@@H](C(=O)N[C@@H](C)c1ccn(Cc2ccccc2Cl)n1)[C@@H](OC(C)=O)C(=O)N1Cc2ccccc2C1. The van der Waals surface area contributed by atoms with Crippen LogP contribution in [0.3, 0.4) is 0 Å². The molecule has 0 fully saturated rings. The number of nitrogens with zero attached hydrogens (tertiary/aromatic N) is 3. The smallest absolute Gasteiger partial charge is 0.303 e. The molecule has 1 aromatic heterocycles. The first-order valence-electron chi connectivity index (χ1n) is 12.4. The Morgan fingerprint density at radius 1 is 0.923 bits per heavy atom. The number of hydrogen-bond donors (Lipinski definition) is 1. The van der Waals surface area contributed by atoms with E-state index < -0.39 is 42.0 Å². The third kappa shape index (κ3) is 6.83. The van der Waals surface area contributed by atoms with Crippen LogP contribution in [-0.2, 0) is 48.3 Å². The van der Waals surface area contributed by atoms with E-state index in [1.54, 1.807) is 29.9 Å². The monoisotopic (exact) mass is 552 g/mol. The lowest BCUT2D eigenvalue weighted by atomic mass is 10.1. The summed E-state index contributed by atoms with van der Waals surface area (Å²) in [7, 11) is 0. The second kappa shape index (κ2) is 12.1. The molecule has 1 aliphatic rings. The molecule has 2 aromatic carbocycles. The summed E-state index contributed by atoms with van der Waals surface area (Å²) in [6.45, 7) is 4.92. The Hall–Kier alpha value is -4.18. The number of amides is 2. The Morgan fingerprint density at radius 2 is 1.51 bits per heavy atom. The number of carbonyl (C=O) groups excluding carboxylic acids is 4. The van der Waals surface area contributed by atoms with Gasteiger partial charge in [-0.15, -0.1) is 0 Å². The molecule has 204 valence electrons. The van der Waals surface area contributed by atoms with Crippen LogP contribution < -0.4 is 5.32 Å². The molecule has 4 rings (SSSR count). The summed E-state index contributed by atoms with van der Waals surface area (Å²) >= 11 is 6.25. The number of hydrogen-bond acceptors (Lipinski definition) is 7. The number of carbonyl (C=O) groups is 4. The fourth-order valence-electron chi connectivity index (χ4n) is 4.39. The van der Waals surface area contributed by atoms with Gasteiger partial charge in [0.05, 0.1) is 18.3 Å². The van der Waals surface area contributed by atoms with Crippen molar-refractivity contribution in [2.75, 3.05) is 0 Å². The molecule has 39 heavy (non-hydrogen) atoms. The van der Waals surface area contributed by atoms with Crippen molar-refractivity contribution in [1.82, 2.24) is 20.0 Å². The minimum atomic E-state index is -1.70. The minimum Gasteiger partial charge on any atom is -0.448 e. The summed E-state index contributed by atoms with van der Waals surface area (Å²) in [4.78, 5) is 52.2. The average Bonchev–Trinajstić information content (AvgIpc) is 3.54. The summed E-state index contributed by atoms with van der Waals surface area (Å²) in [5, 5.41) is 7.85. The van der Waals surface area contributed by atoms with Crippen LogP contribution in [0.1, 0.15) is 49.2 Å². The van der Waals surface area contributed by atoms with Crippen LogP contribution >= 0.6 is 11.6 Å². The van der Waals surface area contributed by atoms with Gasteiger partial charge in [-0.05, 0) is 35.7 Å². The molecular formula is C28H29ClN4O6. The Balaban J connectivity index is 1.50. The largest absolute Gasteiger partial charge is 0.448 e. The molecule has 0 unspecified atom stereocenters. The number of nitrogens with one attached hydrogen (secondary N) is 1. The Kier molecular flexibility index (Phi) is 8.65. The summed E-state index contributed by atoms with van der Waals surface area (Å²) in [5.74, 6) is -3.03. The van der Waals surface area contributed by atoms with Gasteiger partial charge in [0.2, 0.25) is 12.2 Å². The number of rotatable bonds is 9. The Morgan fingerprint density at radius 3 is 2.13 bits per heavy atom. The van der Waals surface area contributed by atoms with Gasteiger partial charge in [0.25, 0.3) is 11.8 Å². The topological polar surface area (TPSA) is 120 Å². The number of fused-ring (bicyclic) bond motifs is 1. The lowest BCUT2D eigenvalue weighted by Crippen LogP contribution is -2.53. The molecule has 3 aromatic rings. The molecule has 3 atom stereocenters. The number of aromatic nitrogens is 2. The van der Waals surface area contributed by atoms with Crippen molar-refractivity contribution in [3.05, 3.63) is 88.2 Å². The highest BCUT2D eigenvalue weighted by Crippen LogP contribution is 2.25. The van der Waals surface area contributed by atoms with E-state index in [1.807, 2.05) is 42.5 Å². The maximum Gasteiger partial charge on any atom is 0.303 e. The van der Waals surface area contributed by atoms with Crippen molar-refractivity contribution < 1.29 is 28.7 Å². The van der Waals surface area contributed by atoms with Gasteiger partial charge in [-0.2, -0.15) is 5.10 Å². The third-order valence-electron chi connectivity index (χ3n) is 6.27. The normalized spacial score (nSPS) is 14.6. The van der Waals surface area contributed by atoms with E-state index in [1.165, 1.54) is 4.90 Å². The molecule has 11 heteroatoms. The molecule has 0 bridgehead atoms. The fraction of sp³-hybridized carbons (Fsp3) is 0.321. The van der Waals surface area contributed by atoms with E-state index in [0.29, 0.717) is 17.3 Å². The minimum absolute atomic E-state index is 0.278. The maximum atomic E-state index is 13.5. The zero-order valence-electron chi connectivity index (χ0n) is 21.8. The van der Waals surface area contributed by atoms with E-state index in [9.17, 15) is 19.2 Å². The van der Waals surface area contributed by atoms with E-state index in [2.05, 4.69) is 10.4 Å². The second-order valence-corrected chi connectivity index (χ2v) is 9.69. The standard InChI is InChI=1S/C28H29ClN4O6/c1-17(24-12-13-33(31-24)16-22-10-6-7-11-23(22)29)30-27(36)25(38-18(2)34)26(39-19(3)35)28(37)32-14-20-8-4-5-9-21(20)15-32/h4-13,17,25-26H,14-16H2,1-3H3,(H,30,36)/t17-,25+,26+/m0/s1. The highest BCUT2D eigenvalue weighted by molar-refractivity contribution is 6.31. The summed E-state index contributed by atoms with van der Waals surface area (Å²) in [6, 6.07) is 16.0. The van der Waals surface area contributed by atoms with Crippen LogP contribution in [-0.4, -0.2) is 50.6 Å². The molecule has 0 radical (unpaired) electrons. The summed E-state index contributed by atoms with van der Waals surface area (Å²) in [6.07, 6.45) is -1.61. The van der Waals surface area contributed by atoms with Gasteiger partial charge in [-0.1, -0.05) is 54.1 Å². The lowest BCUT2D eigenvalue weighted by molar-refractivity contribution is -0.178. The zero-order valence-corrected chi connectivity index (χ0v) is 22.6. The van der Waals surface area contributed by atoms with E-state index in [0.717, 1.165) is 30.5 Å². The predicted octanol–water partition coefficient (Wildman–Crippen LogP) is 3.17. The van der Waals surface area contributed by atoms with E-state index in [4.69, 9.17) is 21.1 Å². The highest BCUT2D eigenvalue weighted by atomic mass is 35.5. The number of halogens is 1. The van der Waals surface area contributed by atoms with E-state index >= 15 is 0 Å². The van der Waals surface area contributed by atoms with Gasteiger partial charge in [0.1, 0.15) is 0 Å². The van der Waals surface area contributed by atoms with Gasteiger partial charge < -0.3 is 19.7 Å². The number of ether oxygens (including phenoxy) is 2. The van der Waals surface area contributed by atoms with Crippen LogP contribution in [0.2, 0.25) is 5.02 Å². The van der Waals surface area contributed by atoms with Crippen LogP contribution in [0.5, 0.6) is 0 Å². The molecule has 1 N–H and O–H groups in total. The molecule has 0 saturated heterocycles. The third-order valence-corrected chi connectivity index (χ3v) is 6.64. The van der Waals surface area contributed by atoms with Gasteiger partial charge in [0.15, 0.2) is 0 Å². The average molecular weight is 553 g/mol. The summed E-state index contributed by atoms with van der Waals surface area (Å²) < 4.78 is 12.2. The molecule has 2 heterocycles. The van der Waals surface area contributed by atoms with Gasteiger partial charge in [0, 0.05) is 38.2 Å². The second-order valence-electron chi connectivity index (χ2n) is 9.28. The van der Waals surface area contributed by atoms with Crippen molar-refractivity contribution in [3.8, 4) is 0 Å². The van der Waals surface area contributed by atoms with Gasteiger partial charge in [-0.3, -0.25) is 23.9 Å². The number of benzene rings is 2. The summed E-state index contributed by atoms with van der Waals surface area (Å²) in [5.41, 5.74) is 3.30.